The van der Waals surface area contributed by atoms with E-state index < -0.39 is 0 Å². The number of nitrogens with zero attached hydrogens (tertiary/aromatic N) is 1. The number of aromatic amines is 1. The molecule has 0 aliphatic heterocycles. The van der Waals surface area contributed by atoms with Crippen molar-refractivity contribution in [2.75, 3.05) is 0 Å². The summed E-state index contributed by atoms with van der Waals surface area (Å²) in [6.07, 6.45) is 5.81. The minimum Gasteiger partial charge on any atom is -0.391 e. The Labute approximate surface area is 102 Å². The zero-order chi connectivity index (χ0) is 12.4. The van der Waals surface area contributed by atoms with Crippen molar-refractivity contribution in [2.45, 2.75) is 64.5 Å². The van der Waals surface area contributed by atoms with E-state index in [0.29, 0.717) is 11.6 Å². The molecule has 0 spiro atoms. The average Bonchev–Trinajstić information content (AvgIpc) is 2.67. The van der Waals surface area contributed by atoms with Crippen molar-refractivity contribution in [3.63, 3.8) is 0 Å². The zero-order valence-electron chi connectivity index (χ0n) is 10.7. The molecular formula is C13H22N2O2. The summed E-state index contributed by atoms with van der Waals surface area (Å²) in [5.74, 6) is 0.245. The van der Waals surface area contributed by atoms with Crippen LogP contribution in [-0.2, 0) is 6.61 Å². The standard InChI is InChI=1S/C13H22N2O2/c1-9(2)12-11(8-16)13(17)15(14-12)10-6-4-3-5-7-10/h9-10,14,16H,3-8H2,1-2H3. The van der Waals surface area contributed by atoms with Crippen molar-refractivity contribution < 1.29 is 5.11 Å². The normalized spacial score (nSPS) is 17.9. The van der Waals surface area contributed by atoms with Gasteiger partial charge >= 0.3 is 0 Å². The molecule has 96 valence electrons. The van der Waals surface area contributed by atoms with E-state index in [1.807, 2.05) is 13.8 Å². The van der Waals surface area contributed by atoms with Gasteiger partial charge in [0.05, 0.1) is 18.2 Å². The SMILES string of the molecule is CC(C)c1[nH]n(C2CCCCC2)c(=O)c1CO. The van der Waals surface area contributed by atoms with Crippen LogP contribution in [0.5, 0.6) is 0 Å². The predicted octanol–water partition coefficient (Wildman–Crippen LogP) is 2.30. The van der Waals surface area contributed by atoms with Crippen LogP contribution in [0.25, 0.3) is 0 Å². The van der Waals surface area contributed by atoms with Gasteiger partial charge in [0, 0.05) is 5.69 Å². The van der Waals surface area contributed by atoms with Gasteiger partial charge in [-0.2, -0.15) is 0 Å². The second kappa shape index (κ2) is 5.08. The maximum atomic E-state index is 12.2. The molecule has 4 heteroatoms. The zero-order valence-corrected chi connectivity index (χ0v) is 10.7. The van der Waals surface area contributed by atoms with E-state index in [1.54, 1.807) is 4.68 Å². The molecule has 0 aromatic carbocycles. The molecular weight excluding hydrogens is 216 g/mol. The molecule has 0 bridgehead atoms. The molecule has 1 heterocycles. The topological polar surface area (TPSA) is 58.0 Å². The highest BCUT2D eigenvalue weighted by Gasteiger charge is 2.22. The summed E-state index contributed by atoms with van der Waals surface area (Å²) >= 11 is 0. The van der Waals surface area contributed by atoms with Crippen molar-refractivity contribution in [3.05, 3.63) is 21.6 Å². The Morgan fingerprint density at radius 2 is 2.00 bits per heavy atom. The highest BCUT2D eigenvalue weighted by molar-refractivity contribution is 5.20. The molecule has 1 aromatic rings. The van der Waals surface area contributed by atoms with Gasteiger partial charge in [-0.25, -0.2) is 4.68 Å². The first kappa shape index (κ1) is 12.4. The first-order chi connectivity index (χ1) is 8.15. The fourth-order valence-corrected chi connectivity index (χ4v) is 2.74. The lowest BCUT2D eigenvalue weighted by Gasteiger charge is -2.22. The monoisotopic (exact) mass is 238 g/mol. The molecule has 17 heavy (non-hydrogen) atoms. The Kier molecular flexibility index (Phi) is 3.72. The van der Waals surface area contributed by atoms with Crippen LogP contribution in [0.3, 0.4) is 0 Å². The lowest BCUT2D eigenvalue weighted by molar-refractivity contribution is 0.277. The highest BCUT2D eigenvalue weighted by atomic mass is 16.3. The highest BCUT2D eigenvalue weighted by Crippen LogP contribution is 2.27. The Balaban J connectivity index is 2.37. The quantitative estimate of drug-likeness (QED) is 0.849. The fraction of sp³-hybridized carbons (Fsp3) is 0.769. The third kappa shape index (κ3) is 2.32. The largest absolute Gasteiger partial charge is 0.391 e. The van der Waals surface area contributed by atoms with Gasteiger partial charge in [0.1, 0.15) is 0 Å². The number of hydrogen-bond donors (Lipinski definition) is 2. The number of hydrogen-bond acceptors (Lipinski definition) is 2. The van der Waals surface area contributed by atoms with E-state index in [2.05, 4.69) is 5.10 Å². The molecule has 1 aromatic heterocycles. The van der Waals surface area contributed by atoms with Crippen LogP contribution in [-0.4, -0.2) is 14.9 Å². The van der Waals surface area contributed by atoms with Crippen LogP contribution < -0.4 is 5.56 Å². The van der Waals surface area contributed by atoms with Crippen LogP contribution in [0.4, 0.5) is 0 Å². The van der Waals surface area contributed by atoms with Gasteiger partial charge in [0.15, 0.2) is 0 Å². The first-order valence-electron chi connectivity index (χ1n) is 6.59. The molecule has 1 fully saturated rings. The number of aliphatic hydroxyl groups excluding tert-OH is 1. The van der Waals surface area contributed by atoms with E-state index >= 15 is 0 Å². The van der Waals surface area contributed by atoms with Gasteiger partial charge in [0.2, 0.25) is 0 Å². The Bertz CT molecular complexity index is 425. The smallest absolute Gasteiger partial charge is 0.272 e. The number of rotatable bonds is 3. The summed E-state index contributed by atoms with van der Waals surface area (Å²) in [5, 5.41) is 12.5. The summed E-state index contributed by atoms with van der Waals surface area (Å²) in [5.41, 5.74) is 1.41. The van der Waals surface area contributed by atoms with Gasteiger partial charge < -0.3 is 5.11 Å². The second-order valence-corrected chi connectivity index (χ2v) is 5.28. The minimum atomic E-state index is -0.164. The van der Waals surface area contributed by atoms with Crippen LogP contribution in [0.2, 0.25) is 0 Å². The Morgan fingerprint density at radius 3 is 2.47 bits per heavy atom. The summed E-state index contributed by atoms with van der Waals surface area (Å²) in [4.78, 5) is 12.2. The number of aliphatic hydroxyl groups is 1. The molecule has 0 unspecified atom stereocenters. The fourth-order valence-electron chi connectivity index (χ4n) is 2.74. The maximum Gasteiger partial charge on any atom is 0.272 e. The summed E-state index contributed by atoms with van der Waals surface area (Å²) in [6.45, 7) is 3.91. The van der Waals surface area contributed by atoms with Crippen LogP contribution in [0, 0.1) is 0 Å². The van der Waals surface area contributed by atoms with Gasteiger partial charge in [-0.05, 0) is 18.8 Å². The van der Waals surface area contributed by atoms with Gasteiger partial charge in [-0.3, -0.25) is 9.89 Å². The molecule has 0 amide bonds. The Morgan fingerprint density at radius 1 is 1.35 bits per heavy atom. The lowest BCUT2D eigenvalue weighted by Crippen LogP contribution is -2.25. The molecule has 1 aliphatic rings. The van der Waals surface area contributed by atoms with Gasteiger partial charge in [0.25, 0.3) is 5.56 Å². The molecule has 0 atom stereocenters. The van der Waals surface area contributed by atoms with Crippen molar-refractivity contribution in [2.24, 2.45) is 0 Å². The van der Waals surface area contributed by atoms with Crippen molar-refractivity contribution in [3.8, 4) is 0 Å². The van der Waals surface area contributed by atoms with E-state index in [-0.39, 0.29) is 18.1 Å². The molecule has 1 saturated carbocycles. The molecule has 4 nitrogen and oxygen atoms in total. The van der Waals surface area contributed by atoms with Crippen LogP contribution in [0.15, 0.2) is 4.79 Å². The minimum absolute atomic E-state index is 0.0249. The molecule has 2 rings (SSSR count). The van der Waals surface area contributed by atoms with E-state index in [9.17, 15) is 9.90 Å². The summed E-state index contributed by atoms with van der Waals surface area (Å²) in [7, 11) is 0. The molecule has 2 N–H and O–H groups in total. The van der Waals surface area contributed by atoms with Crippen LogP contribution >= 0.6 is 0 Å². The Hall–Kier alpha value is -1.03. The number of aromatic nitrogens is 2. The van der Waals surface area contributed by atoms with Gasteiger partial charge in [-0.1, -0.05) is 33.1 Å². The molecule has 0 radical (unpaired) electrons. The second-order valence-electron chi connectivity index (χ2n) is 5.28. The van der Waals surface area contributed by atoms with Crippen molar-refractivity contribution in [1.82, 2.24) is 9.78 Å². The molecule has 0 saturated heterocycles. The first-order valence-corrected chi connectivity index (χ1v) is 6.59. The third-order valence-corrected chi connectivity index (χ3v) is 3.72. The predicted molar refractivity (Wildman–Crippen MR) is 67.2 cm³/mol. The average molecular weight is 238 g/mol. The van der Waals surface area contributed by atoms with Crippen molar-refractivity contribution in [1.29, 1.82) is 0 Å². The van der Waals surface area contributed by atoms with E-state index in [4.69, 9.17) is 0 Å². The summed E-state index contributed by atoms with van der Waals surface area (Å²) < 4.78 is 1.75. The number of H-pyrrole nitrogens is 1. The maximum absolute atomic E-state index is 12.2. The lowest BCUT2D eigenvalue weighted by atomic mass is 9.96. The van der Waals surface area contributed by atoms with Gasteiger partial charge in [-0.15, -0.1) is 0 Å². The van der Waals surface area contributed by atoms with Crippen LogP contribution in [0.1, 0.15) is 69.2 Å². The van der Waals surface area contributed by atoms with E-state index in [0.717, 1.165) is 18.5 Å². The number of nitrogens with one attached hydrogen (secondary N) is 1. The van der Waals surface area contributed by atoms with Crippen molar-refractivity contribution >= 4 is 0 Å². The third-order valence-electron chi connectivity index (χ3n) is 3.72. The molecule has 1 aliphatic carbocycles. The van der Waals surface area contributed by atoms with E-state index in [1.165, 1.54) is 19.3 Å². The summed E-state index contributed by atoms with van der Waals surface area (Å²) in [6, 6.07) is 0.300.